The van der Waals surface area contributed by atoms with Crippen molar-refractivity contribution in [3.05, 3.63) is 89.2 Å². The summed E-state index contributed by atoms with van der Waals surface area (Å²) < 4.78 is 9.01. The largest absolute Gasteiger partial charge is 0.487 e. The third kappa shape index (κ3) is 5.88. The number of ether oxygens (including phenoxy) is 1. The zero-order valence-corrected chi connectivity index (χ0v) is 20.2. The van der Waals surface area contributed by atoms with Crippen LogP contribution < -0.4 is 10.1 Å². The molecule has 27 heavy (non-hydrogen) atoms. The molecule has 3 aromatic rings. The molecule has 0 radical (unpaired) electrons. The van der Waals surface area contributed by atoms with Crippen LogP contribution in [0.1, 0.15) is 11.1 Å². The van der Waals surface area contributed by atoms with Crippen LogP contribution >= 0.6 is 71.0 Å². The molecular weight excluding hydrogens is 581 g/mol. The summed E-state index contributed by atoms with van der Waals surface area (Å²) in [7, 11) is 0. The second kappa shape index (κ2) is 9.66. The van der Waals surface area contributed by atoms with E-state index in [1.807, 2.05) is 42.5 Å². The Balaban J connectivity index is 1.77. The van der Waals surface area contributed by atoms with E-state index in [4.69, 9.17) is 27.9 Å². The molecule has 0 unspecified atom stereocenters. The molecule has 3 aromatic carbocycles. The van der Waals surface area contributed by atoms with Gasteiger partial charge in [-0.2, -0.15) is 0 Å². The van der Waals surface area contributed by atoms with Gasteiger partial charge >= 0.3 is 0 Å². The highest BCUT2D eigenvalue weighted by Crippen LogP contribution is 2.34. The number of hydrogen-bond donors (Lipinski definition) is 1. The predicted molar refractivity (Wildman–Crippen MR) is 124 cm³/mol. The number of hydrogen-bond acceptors (Lipinski definition) is 2. The van der Waals surface area contributed by atoms with Crippen molar-refractivity contribution in [3.63, 3.8) is 0 Å². The maximum atomic E-state index is 6.11. The quantitative estimate of drug-likeness (QED) is 0.309. The van der Waals surface area contributed by atoms with E-state index in [2.05, 4.69) is 53.1 Å². The minimum atomic E-state index is 0.479. The van der Waals surface area contributed by atoms with Gasteiger partial charge in [0.2, 0.25) is 0 Å². The SMILES string of the molecule is Clc1ccc(NCc2cc(Br)cc(Br)c2OCc2ccc(Br)cc2)cc1Cl. The summed E-state index contributed by atoms with van der Waals surface area (Å²) in [6.45, 7) is 1.05. The molecule has 0 aliphatic rings. The third-order valence-corrected chi connectivity index (χ3v) is 6.10. The van der Waals surface area contributed by atoms with Crippen LogP contribution in [0.5, 0.6) is 5.75 Å². The average Bonchev–Trinajstić information content (AvgIpc) is 2.63. The lowest BCUT2D eigenvalue weighted by atomic mass is 10.2. The summed E-state index contributed by atoms with van der Waals surface area (Å²) in [5, 5.41) is 4.41. The minimum absolute atomic E-state index is 0.479. The van der Waals surface area contributed by atoms with Gasteiger partial charge in [0, 0.05) is 26.7 Å². The van der Waals surface area contributed by atoms with E-state index >= 15 is 0 Å². The topological polar surface area (TPSA) is 21.3 Å². The van der Waals surface area contributed by atoms with Crippen molar-refractivity contribution < 1.29 is 4.74 Å². The van der Waals surface area contributed by atoms with Crippen molar-refractivity contribution in [2.45, 2.75) is 13.2 Å². The molecule has 0 amide bonds. The molecule has 0 saturated heterocycles. The van der Waals surface area contributed by atoms with E-state index in [1.165, 1.54) is 0 Å². The predicted octanol–water partition coefficient (Wildman–Crippen LogP) is 8.47. The van der Waals surface area contributed by atoms with Crippen molar-refractivity contribution in [3.8, 4) is 5.75 Å². The summed E-state index contributed by atoms with van der Waals surface area (Å²) in [4.78, 5) is 0. The Kier molecular flexibility index (Phi) is 7.51. The summed E-state index contributed by atoms with van der Waals surface area (Å²) >= 11 is 22.7. The Morgan fingerprint density at radius 3 is 2.26 bits per heavy atom. The van der Waals surface area contributed by atoms with Crippen LogP contribution in [-0.2, 0) is 13.2 Å². The maximum absolute atomic E-state index is 6.11. The lowest BCUT2D eigenvalue weighted by Gasteiger charge is -2.16. The molecule has 0 saturated carbocycles. The van der Waals surface area contributed by atoms with Gasteiger partial charge in [-0.25, -0.2) is 0 Å². The van der Waals surface area contributed by atoms with Gasteiger partial charge in [0.05, 0.1) is 14.5 Å². The van der Waals surface area contributed by atoms with Crippen LogP contribution in [-0.4, -0.2) is 0 Å². The van der Waals surface area contributed by atoms with E-state index in [-0.39, 0.29) is 0 Å². The molecular formula is C20H14Br3Cl2NO. The van der Waals surface area contributed by atoms with Crippen molar-refractivity contribution in [2.24, 2.45) is 0 Å². The van der Waals surface area contributed by atoms with Crippen LogP contribution in [0.4, 0.5) is 5.69 Å². The number of anilines is 1. The lowest BCUT2D eigenvalue weighted by Crippen LogP contribution is -2.05. The monoisotopic (exact) mass is 591 g/mol. The summed E-state index contributed by atoms with van der Waals surface area (Å²) in [6, 6.07) is 17.5. The van der Waals surface area contributed by atoms with Gasteiger partial charge in [-0.15, -0.1) is 0 Å². The first-order valence-electron chi connectivity index (χ1n) is 7.96. The van der Waals surface area contributed by atoms with Gasteiger partial charge in [0.1, 0.15) is 12.4 Å². The first kappa shape index (κ1) is 21.0. The first-order valence-corrected chi connectivity index (χ1v) is 11.1. The maximum Gasteiger partial charge on any atom is 0.139 e. The smallest absolute Gasteiger partial charge is 0.139 e. The van der Waals surface area contributed by atoms with Gasteiger partial charge in [0.25, 0.3) is 0 Å². The Morgan fingerprint density at radius 2 is 1.56 bits per heavy atom. The highest BCUT2D eigenvalue weighted by atomic mass is 79.9. The Morgan fingerprint density at radius 1 is 0.815 bits per heavy atom. The van der Waals surface area contributed by atoms with Crippen LogP contribution in [0.2, 0.25) is 10.0 Å². The molecule has 2 nitrogen and oxygen atoms in total. The van der Waals surface area contributed by atoms with Crippen molar-refractivity contribution in [1.82, 2.24) is 0 Å². The molecule has 1 N–H and O–H groups in total. The highest BCUT2D eigenvalue weighted by Gasteiger charge is 2.11. The Bertz CT molecular complexity index is 949. The number of nitrogens with one attached hydrogen (secondary N) is 1. The van der Waals surface area contributed by atoms with Gasteiger partial charge in [-0.05, 0) is 64.0 Å². The van der Waals surface area contributed by atoms with E-state index < -0.39 is 0 Å². The fourth-order valence-electron chi connectivity index (χ4n) is 2.45. The molecule has 0 aromatic heterocycles. The second-order valence-electron chi connectivity index (χ2n) is 5.77. The van der Waals surface area contributed by atoms with E-state index in [9.17, 15) is 0 Å². The zero-order chi connectivity index (χ0) is 19.4. The van der Waals surface area contributed by atoms with Gasteiger partial charge in [-0.3, -0.25) is 0 Å². The molecule has 0 heterocycles. The molecule has 0 aliphatic carbocycles. The van der Waals surface area contributed by atoms with Gasteiger partial charge < -0.3 is 10.1 Å². The normalized spacial score (nSPS) is 10.7. The number of halogens is 5. The Labute approximate surface area is 193 Å². The zero-order valence-electron chi connectivity index (χ0n) is 13.9. The van der Waals surface area contributed by atoms with Crippen LogP contribution in [0, 0.1) is 0 Å². The molecule has 0 spiro atoms. The first-order chi connectivity index (χ1) is 12.9. The van der Waals surface area contributed by atoms with Crippen molar-refractivity contribution in [1.29, 1.82) is 0 Å². The standard InChI is InChI=1S/C20H14Br3Cl2NO/c21-14-3-1-12(2-4-14)11-27-20-13(7-15(22)8-17(20)23)10-26-16-5-6-18(24)19(25)9-16/h1-9,26H,10-11H2. The van der Waals surface area contributed by atoms with Crippen LogP contribution in [0.15, 0.2) is 68.0 Å². The molecule has 0 bridgehead atoms. The molecule has 0 atom stereocenters. The van der Waals surface area contributed by atoms with E-state index in [0.29, 0.717) is 23.2 Å². The van der Waals surface area contributed by atoms with E-state index in [1.54, 1.807) is 12.1 Å². The van der Waals surface area contributed by atoms with Gasteiger partial charge in [-0.1, -0.05) is 67.2 Å². The molecule has 0 aliphatic heterocycles. The highest BCUT2D eigenvalue weighted by molar-refractivity contribution is 9.11. The average molecular weight is 595 g/mol. The molecule has 140 valence electrons. The number of benzene rings is 3. The molecule has 0 fully saturated rings. The summed E-state index contributed by atoms with van der Waals surface area (Å²) in [5.41, 5.74) is 3.00. The van der Waals surface area contributed by atoms with Crippen molar-refractivity contribution >= 4 is 76.7 Å². The fraction of sp³-hybridized carbons (Fsp3) is 0.100. The minimum Gasteiger partial charge on any atom is -0.487 e. The van der Waals surface area contributed by atoms with Gasteiger partial charge in [0.15, 0.2) is 0 Å². The molecule has 7 heteroatoms. The van der Waals surface area contributed by atoms with Crippen LogP contribution in [0.25, 0.3) is 0 Å². The lowest BCUT2D eigenvalue weighted by molar-refractivity contribution is 0.301. The summed E-state index contributed by atoms with van der Waals surface area (Å²) in [6.07, 6.45) is 0. The molecule has 3 rings (SSSR count). The van der Waals surface area contributed by atoms with Crippen LogP contribution in [0.3, 0.4) is 0 Å². The van der Waals surface area contributed by atoms with E-state index in [0.717, 1.165) is 36.0 Å². The fourth-order valence-corrected chi connectivity index (χ4v) is 4.44. The van der Waals surface area contributed by atoms with Crippen molar-refractivity contribution in [2.75, 3.05) is 5.32 Å². The third-order valence-electron chi connectivity index (χ3n) is 3.78. The Hall–Kier alpha value is -0.720. The second-order valence-corrected chi connectivity index (χ2v) is 9.27. The summed E-state index contributed by atoms with van der Waals surface area (Å²) in [5.74, 6) is 0.800. The number of rotatable bonds is 6.